The minimum atomic E-state index is -0.176. The third-order valence-electron chi connectivity index (χ3n) is 3.87. The Bertz CT molecular complexity index is 490. The van der Waals surface area contributed by atoms with Gasteiger partial charge in [-0.15, -0.1) is 0 Å². The number of anilines is 2. The topological polar surface area (TPSA) is 73.6 Å². The summed E-state index contributed by atoms with van der Waals surface area (Å²) in [4.78, 5) is 11.9. The van der Waals surface area contributed by atoms with E-state index >= 15 is 0 Å². The summed E-state index contributed by atoms with van der Waals surface area (Å²) in [7, 11) is 1.58. The summed E-state index contributed by atoms with van der Waals surface area (Å²) in [6.45, 7) is 2.30. The highest BCUT2D eigenvalue weighted by molar-refractivity contribution is 5.94. The molecule has 0 aliphatic heterocycles. The number of amides is 1. The number of benzene rings is 1. The highest BCUT2D eigenvalue weighted by atomic mass is 16.5. The van der Waals surface area contributed by atoms with E-state index in [0.29, 0.717) is 23.0 Å². The second-order valence-corrected chi connectivity index (χ2v) is 5.71. The summed E-state index contributed by atoms with van der Waals surface area (Å²) in [5.74, 6) is 1.17. The molecule has 0 bridgehead atoms. The summed E-state index contributed by atoms with van der Waals surface area (Å²) in [5.41, 5.74) is 6.93. The molecule has 2 rings (SSSR count). The van der Waals surface area contributed by atoms with E-state index in [-0.39, 0.29) is 18.6 Å². The summed E-state index contributed by atoms with van der Waals surface area (Å²) in [6.07, 6.45) is 4.72. The van der Waals surface area contributed by atoms with Crippen molar-refractivity contribution < 1.29 is 14.3 Å². The van der Waals surface area contributed by atoms with E-state index in [9.17, 15) is 4.79 Å². The van der Waals surface area contributed by atoms with Gasteiger partial charge in [0.05, 0.1) is 24.6 Å². The number of methoxy groups -OCH3 is 1. The van der Waals surface area contributed by atoms with Crippen molar-refractivity contribution in [1.82, 2.24) is 0 Å². The molecular formula is C16H24N2O3. The predicted octanol–water partition coefficient (Wildman–Crippen LogP) is 2.81. The van der Waals surface area contributed by atoms with Gasteiger partial charge in [0.15, 0.2) is 0 Å². The molecule has 5 heteroatoms. The van der Waals surface area contributed by atoms with Crippen molar-refractivity contribution in [2.75, 3.05) is 24.8 Å². The molecule has 21 heavy (non-hydrogen) atoms. The van der Waals surface area contributed by atoms with Crippen LogP contribution in [0, 0.1) is 5.92 Å². The Morgan fingerprint density at radius 1 is 1.43 bits per heavy atom. The predicted molar refractivity (Wildman–Crippen MR) is 83.4 cm³/mol. The maximum Gasteiger partial charge on any atom is 0.250 e. The van der Waals surface area contributed by atoms with Gasteiger partial charge in [-0.25, -0.2) is 0 Å². The fourth-order valence-electron chi connectivity index (χ4n) is 2.69. The Morgan fingerprint density at radius 3 is 2.90 bits per heavy atom. The van der Waals surface area contributed by atoms with Crippen LogP contribution in [0.5, 0.6) is 5.75 Å². The first kappa shape index (κ1) is 15.6. The SMILES string of the molecule is COc1ccc(NC(=O)COC2CCCC(C)C2)c(N)c1. The lowest BCUT2D eigenvalue weighted by Crippen LogP contribution is -2.27. The van der Waals surface area contributed by atoms with Crippen molar-refractivity contribution in [3.05, 3.63) is 18.2 Å². The van der Waals surface area contributed by atoms with Crippen LogP contribution in [-0.4, -0.2) is 25.7 Å². The van der Waals surface area contributed by atoms with E-state index < -0.39 is 0 Å². The number of carbonyl (C=O) groups is 1. The molecular weight excluding hydrogens is 268 g/mol. The molecule has 2 atom stereocenters. The number of hydrogen-bond donors (Lipinski definition) is 2. The largest absolute Gasteiger partial charge is 0.497 e. The van der Waals surface area contributed by atoms with Gasteiger partial charge in [-0.05, 0) is 30.9 Å². The molecule has 5 nitrogen and oxygen atoms in total. The molecule has 0 spiro atoms. The monoisotopic (exact) mass is 292 g/mol. The van der Waals surface area contributed by atoms with E-state index in [0.717, 1.165) is 12.8 Å². The van der Waals surface area contributed by atoms with E-state index in [1.807, 2.05) is 0 Å². The zero-order valence-corrected chi connectivity index (χ0v) is 12.7. The minimum absolute atomic E-state index is 0.0723. The Hall–Kier alpha value is -1.75. The van der Waals surface area contributed by atoms with Gasteiger partial charge in [0.1, 0.15) is 12.4 Å². The van der Waals surface area contributed by atoms with Crippen LogP contribution in [0.3, 0.4) is 0 Å². The van der Waals surface area contributed by atoms with Crippen LogP contribution in [0.2, 0.25) is 0 Å². The lowest BCUT2D eigenvalue weighted by Gasteiger charge is -2.26. The first-order valence-electron chi connectivity index (χ1n) is 7.43. The van der Waals surface area contributed by atoms with Crippen LogP contribution in [0.25, 0.3) is 0 Å². The van der Waals surface area contributed by atoms with Crippen LogP contribution in [0.15, 0.2) is 18.2 Å². The van der Waals surface area contributed by atoms with Gasteiger partial charge in [0, 0.05) is 6.07 Å². The van der Waals surface area contributed by atoms with Gasteiger partial charge in [0.2, 0.25) is 5.91 Å². The molecule has 1 aliphatic carbocycles. The lowest BCUT2D eigenvalue weighted by atomic mass is 9.89. The molecule has 1 aromatic rings. The molecule has 1 amide bonds. The van der Waals surface area contributed by atoms with Crippen molar-refractivity contribution in [1.29, 1.82) is 0 Å². The number of rotatable bonds is 5. The average Bonchev–Trinajstić information content (AvgIpc) is 2.47. The average molecular weight is 292 g/mol. The molecule has 0 aromatic heterocycles. The summed E-state index contributed by atoms with van der Waals surface area (Å²) < 4.78 is 10.8. The third-order valence-corrected chi connectivity index (χ3v) is 3.87. The molecule has 1 saturated carbocycles. The van der Waals surface area contributed by atoms with Gasteiger partial charge in [-0.1, -0.05) is 19.8 Å². The minimum Gasteiger partial charge on any atom is -0.497 e. The maximum atomic E-state index is 11.9. The third kappa shape index (κ3) is 4.63. The molecule has 116 valence electrons. The fraction of sp³-hybridized carbons (Fsp3) is 0.562. The van der Waals surface area contributed by atoms with Crippen molar-refractivity contribution in [3.63, 3.8) is 0 Å². The van der Waals surface area contributed by atoms with Crippen LogP contribution in [0.4, 0.5) is 11.4 Å². The molecule has 0 saturated heterocycles. The molecule has 1 aromatic carbocycles. The van der Waals surface area contributed by atoms with Crippen molar-refractivity contribution >= 4 is 17.3 Å². The van der Waals surface area contributed by atoms with Gasteiger partial charge >= 0.3 is 0 Å². The van der Waals surface area contributed by atoms with Crippen molar-refractivity contribution in [2.45, 2.75) is 38.7 Å². The number of nitrogens with two attached hydrogens (primary N) is 1. The van der Waals surface area contributed by atoms with E-state index in [4.69, 9.17) is 15.2 Å². The first-order chi connectivity index (χ1) is 10.1. The van der Waals surface area contributed by atoms with Crippen molar-refractivity contribution in [2.24, 2.45) is 5.92 Å². The standard InChI is InChI=1S/C16H24N2O3/c1-11-4-3-5-13(8-11)21-10-16(19)18-15-7-6-12(20-2)9-14(15)17/h6-7,9,11,13H,3-5,8,10,17H2,1-2H3,(H,18,19). The fourth-order valence-corrected chi connectivity index (χ4v) is 2.69. The van der Waals surface area contributed by atoms with E-state index in [1.165, 1.54) is 12.8 Å². The van der Waals surface area contributed by atoms with E-state index in [2.05, 4.69) is 12.2 Å². The quantitative estimate of drug-likeness (QED) is 0.818. The Labute approximate surface area is 125 Å². The zero-order valence-electron chi connectivity index (χ0n) is 12.7. The molecule has 1 aliphatic rings. The Balaban J connectivity index is 1.81. The number of nitrogen functional groups attached to an aromatic ring is 1. The summed E-state index contributed by atoms with van der Waals surface area (Å²) >= 11 is 0. The molecule has 0 radical (unpaired) electrons. The van der Waals surface area contributed by atoms with Crippen molar-refractivity contribution in [3.8, 4) is 5.75 Å². The van der Waals surface area contributed by atoms with Gasteiger partial charge in [0.25, 0.3) is 0 Å². The van der Waals surface area contributed by atoms with Crippen LogP contribution >= 0.6 is 0 Å². The molecule has 1 fully saturated rings. The van der Waals surface area contributed by atoms with Gasteiger partial charge in [-0.2, -0.15) is 0 Å². The van der Waals surface area contributed by atoms with Crippen LogP contribution < -0.4 is 15.8 Å². The first-order valence-corrected chi connectivity index (χ1v) is 7.43. The van der Waals surface area contributed by atoms with Gasteiger partial charge < -0.3 is 20.5 Å². The van der Waals surface area contributed by atoms with Crippen LogP contribution in [-0.2, 0) is 9.53 Å². The summed E-state index contributed by atoms with van der Waals surface area (Å²) in [5, 5.41) is 2.77. The zero-order chi connectivity index (χ0) is 15.2. The van der Waals surface area contributed by atoms with Crippen LogP contribution in [0.1, 0.15) is 32.6 Å². The second-order valence-electron chi connectivity index (χ2n) is 5.71. The normalized spacial score (nSPS) is 21.8. The lowest BCUT2D eigenvalue weighted by molar-refractivity contribution is -0.123. The smallest absolute Gasteiger partial charge is 0.250 e. The number of nitrogens with one attached hydrogen (secondary N) is 1. The molecule has 0 heterocycles. The molecule has 2 unspecified atom stereocenters. The second kappa shape index (κ2) is 7.31. The Morgan fingerprint density at radius 2 is 2.24 bits per heavy atom. The number of hydrogen-bond acceptors (Lipinski definition) is 4. The maximum absolute atomic E-state index is 11.9. The summed E-state index contributed by atoms with van der Waals surface area (Å²) in [6, 6.07) is 5.17. The molecule has 3 N–H and O–H groups in total. The number of carbonyl (C=O) groups excluding carboxylic acids is 1. The highest BCUT2D eigenvalue weighted by Crippen LogP contribution is 2.26. The Kier molecular flexibility index (Phi) is 5.44. The highest BCUT2D eigenvalue weighted by Gasteiger charge is 2.20. The van der Waals surface area contributed by atoms with E-state index in [1.54, 1.807) is 25.3 Å². The number of ether oxygens (including phenoxy) is 2. The van der Waals surface area contributed by atoms with Gasteiger partial charge in [-0.3, -0.25) is 4.79 Å².